The van der Waals surface area contributed by atoms with E-state index in [4.69, 9.17) is 9.72 Å². The van der Waals surface area contributed by atoms with Gasteiger partial charge in [0, 0.05) is 31.4 Å². The van der Waals surface area contributed by atoms with Crippen LogP contribution in [0.4, 0.5) is 5.82 Å². The van der Waals surface area contributed by atoms with Gasteiger partial charge in [-0.3, -0.25) is 0 Å². The number of ether oxygens (including phenoxy) is 1. The SMILES string of the molecule is Cc1nc(N2CC(C)OC(C)(C)C2)ccc1CNC(C)C. The van der Waals surface area contributed by atoms with E-state index in [9.17, 15) is 0 Å². The standard InChI is InChI=1S/C17H29N3O/c1-12(2)18-9-15-7-8-16(19-14(15)4)20-10-13(3)21-17(5,6)11-20/h7-8,12-13,18H,9-11H2,1-6H3. The van der Waals surface area contributed by atoms with Crippen molar-refractivity contribution in [2.45, 2.75) is 65.8 Å². The maximum Gasteiger partial charge on any atom is 0.128 e. The molecule has 0 amide bonds. The number of nitrogens with zero attached hydrogens (tertiary/aromatic N) is 2. The Balaban J connectivity index is 2.12. The summed E-state index contributed by atoms with van der Waals surface area (Å²) in [6.07, 6.45) is 0.234. The van der Waals surface area contributed by atoms with Gasteiger partial charge in [0.05, 0.1) is 11.7 Å². The molecule has 2 rings (SSSR count). The van der Waals surface area contributed by atoms with Crippen LogP contribution >= 0.6 is 0 Å². The molecule has 118 valence electrons. The van der Waals surface area contributed by atoms with Gasteiger partial charge < -0.3 is 15.0 Å². The maximum atomic E-state index is 5.96. The summed E-state index contributed by atoms with van der Waals surface area (Å²) >= 11 is 0. The molecule has 0 aromatic carbocycles. The Morgan fingerprint density at radius 3 is 2.71 bits per heavy atom. The zero-order valence-corrected chi connectivity index (χ0v) is 14.2. The number of nitrogens with one attached hydrogen (secondary N) is 1. The van der Waals surface area contributed by atoms with Gasteiger partial charge in [-0.2, -0.15) is 0 Å². The molecular weight excluding hydrogens is 262 g/mol. The van der Waals surface area contributed by atoms with Crippen LogP contribution in [-0.4, -0.2) is 35.8 Å². The Kier molecular flexibility index (Phi) is 4.89. The molecule has 4 heteroatoms. The third-order valence-electron chi connectivity index (χ3n) is 3.77. The first-order chi connectivity index (χ1) is 9.77. The fourth-order valence-corrected chi connectivity index (χ4v) is 2.88. The lowest BCUT2D eigenvalue weighted by Gasteiger charge is -2.42. The lowest BCUT2D eigenvalue weighted by Crippen LogP contribution is -2.52. The monoisotopic (exact) mass is 291 g/mol. The van der Waals surface area contributed by atoms with Crippen LogP contribution in [0.25, 0.3) is 0 Å². The van der Waals surface area contributed by atoms with Crippen LogP contribution in [0.3, 0.4) is 0 Å². The molecule has 1 aromatic rings. The largest absolute Gasteiger partial charge is 0.369 e. The van der Waals surface area contributed by atoms with E-state index in [0.717, 1.165) is 31.1 Å². The van der Waals surface area contributed by atoms with Gasteiger partial charge in [-0.15, -0.1) is 0 Å². The minimum absolute atomic E-state index is 0.120. The summed E-state index contributed by atoms with van der Waals surface area (Å²) < 4.78 is 5.96. The van der Waals surface area contributed by atoms with Crippen molar-refractivity contribution in [2.75, 3.05) is 18.0 Å². The quantitative estimate of drug-likeness (QED) is 0.925. The summed E-state index contributed by atoms with van der Waals surface area (Å²) in [5.41, 5.74) is 2.26. The van der Waals surface area contributed by atoms with Crippen molar-refractivity contribution in [2.24, 2.45) is 0 Å². The average molecular weight is 291 g/mol. The lowest BCUT2D eigenvalue weighted by molar-refractivity contribution is -0.0751. The number of pyridine rings is 1. The van der Waals surface area contributed by atoms with Crippen LogP contribution in [-0.2, 0) is 11.3 Å². The molecule has 1 fully saturated rings. The fraction of sp³-hybridized carbons (Fsp3) is 0.706. The molecule has 0 bridgehead atoms. The highest BCUT2D eigenvalue weighted by Crippen LogP contribution is 2.25. The smallest absolute Gasteiger partial charge is 0.128 e. The average Bonchev–Trinajstić information content (AvgIpc) is 2.34. The van der Waals surface area contributed by atoms with Gasteiger partial charge in [0.1, 0.15) is 5.82 Å². The van der Waals surface area contributed by atoms with E-state index >= 15 is 0 Å². The molecular formula is C17H29N3O. The summed E-state index contributed by atoms with van der Waals surface area (Å²) in [5, 5.41) is 3.45. The summed E-state index contributed by atoms with van der Waals surface area (Å²) in [6, 6.07) is 4.82. The van der Waals surface area contributed by atoms with Gasteiger partial charge >= 0.3 is 0 Å². The van der Waals surface area contributed by atoms with Gasteiger partial charge in [0.2, 0.25) is 0 Å². The number of aromatic nitrogens is 1. The van der Waals surface area contributed by atoms with Crippen LogP contribution in [0.2, 0.25) is 0 Å². The molecule has 2 heterocycles. The Morgan fingerprint density at radius 1 is 1.43 bits per heavy atom. The molecule has 21 heavy (non-hydrogen) atoms. The van der Waals surface area contributed by atoms with Crippen molar-refractivity contribution in [1.29, 1.82) is 0 Å². The number of hydrogen-bond acceptors (Lipinski definition) is 4. The number of morpholine rings is 1. The number of anilines is 1. The molecule has 1 saturated heterocycles. The van der Waals surface area contributed by atoms with Crippen molar-refractivity contribution in [1.82, 2.24) is 10.3 Å². The molecule has 1 aliphatic rings. The normalized spacial score (nSPS) is 21.9. The Bertz CT molecular complexity index is 485. The summed E-state index contributed by atoms with van der Waals surface area (Å²) in [4.78, 5) is 7.14. The number of aryl methyl sites for hydroxylation is 1. The minimum atomic E-state index is -0.120. The highest BCUT2D eigenvalue weighted by molar-refractivity contribution is 5.43. The molecule has 4 nitrogen and oxygen atoms in total. The molecule has 1 N–H and O–H groups in total. The second kappa shape index (κ2) is 6.32. The first-order valence-electron chi connectivity index (χ1n) is 7.89. The zero-order valence-electron chi connectivity index (χ0n) is 14.2. The van der Waals surface area contributed by atoms with Crippen molar-refractivity contribution >= 4 is 5.82 Å². The van der Waals surface area contributed by atoms with Crippen molar-refractivity contribution in [3.8, 4) is 0 Å². The van der Waals surface area contributed by atoms with E-state index in [-0.39, 0.29) is 11.7 Å². The van der Waals surface area contributed by atoms with Crippen LogP contribution in [0, 0.1) is 6.92 Å². The number of rotatable bonds is 4. The van der Waals surface area contributed by atoms with Crippen LogP contribution < -0.4 is 10.2 Å². The molecule has 0 radical (unpaired) electrons. The Hall–Kier alpha value is -1.13. The Labute approximate surface area is 128 Å². The van der Waals surface area contributed by atoms with Crippen LogP contribution in [0.1, 0.15) is 45.9 Å². The predicted molar refractivity (Wildman–Crippen MR) is 87.8 cm³/mol. The lowest BCUT2D eigenvalue weighted by atomic mass is 10.1. The summed E-state index contributed by atoms with van der Waals surface area (Å²) in [7, 11) is 0. The van der Waals surface area contributed by atoms with E-state index in [2.05, 4.69) is 63.9 Å². The van der Waals surface area contributed by atoms with Gasteiger partial charge in [-0.1, -0.05) is 19.9 Å². The molecule has 1 atom stereocenters. The molecule has 0 saturated carbocycles. The highest BCUT2D eigenvalue weighted by atomic mass is 16.5. The summed E-state index contributed by atoms with van der Waals surface area (Å²) in [5.74, 6) is 1.06. The van der Waals surface area contributed by atoms with Crippen LogP contribution in [0.5, 0.6) is 0 Å². The van der Waals surface area contributed by atoms with E-state index < -0.39 is 0 Å². The highest BCUT2D eigenvalue weighted by Gasteiger charge is 2.31. The first kappa shape index (κ1) is 16.2. The summed E-state index contributed by atoms with van der Waals surface area (Å²) in [6.45, 7) is 15.5. The van der Waals surface area contributed by atoms with Crippen molar-refractivity contribution in [3.63, 3.8) is 0 Å². The molecule has 1 aromatic heterocycles. The first-order valence-corrected chi connectivity index (χ1v) is 7.89. The van der Waals surface area contributed by atoms with E-state index in [1.165, 1.54) is 5.56 Å². The second-order valence-electron chi connectivity index (χ2n) is 7.02. The van der Waals surface area contributed by atoms with Gasteiger partial charge in [-0.05, 0) is 39.3 Å². The van der Waals surface area contributed by atoms with Crippen LogP contribution in [0.15, 0.2) is 12.1 Å². The zero-order chi connectivity index (χ0) is 15.6. The molecule has 0 spiro atoms. The minimum Gasteiger partial charge on any atom is -0.369 e. The predicted octanol–water partition coefficient (Wildman–Crippen LogP) is 2.89. The van der Waals surface area contributed by atoms with Crippen molar-refractivity contribution in [3.05, 3.63) is 23.4 Å². The number of hydrogen-bond donors (Lipinski definition) is 1. The topological polar surface area (TPSA) is 37.4 Å². The Morgan fingerprint density at radius 2 is 2.14 bits per heavy atom. The second-order valence-corrected chi connectivity index (χ2v) is 7.02. The molecule has 1 unspecified atom stereocenters. The van der Waals surface area contributed by atoms with E-state index in [1.807, 2.05) is 0 Å². The van der Waals surface area contributed by atoms with Gasteiger partial charge in [-0.25, -0.2) is 4.98 Å². The maximum absolute atomic E-state index is 5.96. The van der Waals surface area contributed by atoms with Gasteiger partial charge in [0.15, 0.2) is 0 Å². The molecule has 0 aliphatic carbocycles. The van der Waals surface area contributed by atoms with E-state index in [1.54, 1.807) is 0 Å². The third kappa shape index (κ3) is 4.42. The van der Waals surface area contributed by atoms with Gasteiger partial charge in [0.25, 0.3) is 0 Å². The third-order valence-corrected chi connectivity index (χ3v) is 3.77. The fourth-order valence-electron chi connectivity index (χ4n) is 2.88. The van der Waals surface area contributed by atoms with E-state index in [0.29, 0.717) is 6.04 Å². The molecule has 1 aliphatic heterocycles. The van der Waals surface area contributed by atoms with Crippen molar-refractivity contribution < 1.29 is 4.74 Å².